The number of hydrazone groups is 1. The van der Waals surface area contributed by atoms with E-state index < -0.39 is 23.3 Å². The van der Waals surface area contributed by atoms with Crippen LogP contribution >= 0.6 is 0 Å². The zero-order valence-corrected chi connectivity index (χ0v) is 20.8. The molecule has 0 radical (unpaired) electrons. The molecule has 2 atom stereocenters. The van der Waals surface area contributed by atoms with Gasteiger partial charge in [0.25, 0.3) is 0 Å². The molecule has 0 aromatic heterocycles. The molecule has 0 N–H and O–H groups in total. The molecule has 1 amide bonds. The Kier molecular flexibility index (Phi) is 6.21. The third-order valence-corrected chi connectivity index (χ3v) is 6.93. The number of rotatable bonds is 7. The van der Waals surface area contributed by atoms with Gasteiger partial charge in [-0.25, -0.2) is 4.79 Å². The molecule has 0 bridgehead atoms. The molecule has 0 saturated carbocycles. The van der Waals surface area contributed by atoms with Gasteiger partial charge in [0.1, 0.15) is 17.2 Å². The Morgan fingerprint density at radius 2 is 1.57 bits per heavy atom. The van der Waals surface area contributed by atoms with E-state index in [1.165, 1.54) is 0 Å². The van der Waals surface area contributed by atoms with E-state index in [1.54, 1.807) is 41.1 Å². The maximum Gasteiger partial charge on any atom is 0.334 e. The Bertz CT molecular complexity index is 1420. The van der Waals surface area contributed by atoms with Gasteiger partial charge in [0.05, 0.1) is 17.9 Å². The number of esters is 1. The predicted octanol–water partition coefficient (Wildman–Crippen LogP) is 4.27. The van der Waals surface area contributed by atoms with Gasteiger partial charge in [-0.1, -0.05) is 73.3 Å². The molecular formula is C30H27N3O4. The average molecular weight is 494 g/mol. The zero-order valence-electron chi connectivity index (χ0n) is 20.8. The van der Waals surface area contributed by atoms with Gasteiger partial charge in [0.15, 0.2) is 0 Å². The third kappa shape index (κ3) is 3.57. The van der Waals surface area contributed by atoms with Gasteiger partial charge < -0.3 is 9.64 Å². The molecule has 3 aromatic rings. The van der Waals surface area contributed by atoms with Crippen molar-refractivity contribution in [3.05, 3.63) is 108 Å². The van der Waals surface area contributed by atoms with Gasteiger partial charge in [-0.2, -0.15) is 5.10 Å². The minimum Gasteiger partial charge on any atom is -0.463 e. The van der Waals surface area contributed by atoms with E-state index in [-0.39, 0.29) is 23.7 Å². The van der Waals surface area contributed by atoms with Crippen LogP contribution in [0.15, 0.2) is 102 Å². The molecule has 0 fully saturated rings. The van der Waals surface area contributed by atoms with Crippen LogP contribution < -0.4 is 9.91 Å². The molecule has 7 nitrogen and oxygen atoms in total. The minimum absolute atomic E-state index is 0.0912. The second kappa shape index (κ2) is 9.50. The lowest BCUT2D eigenvalue weighted by Gasteiger charge is -2.38. The Labute approximate surface area is 215 Å². The van der Waals surface area contributed by atoms with Crippen molar-refractivity contribution in [1.82, 2.24) is 0 Å². The van der Waals surface area contributed by atoms with Crippen LogP contribution in [0.5, 0.6) is 0 Å². The molecule has 2 aliphatic rings. The van der Waals surface area contributed by atoms with Crippen molar-refractivity contribution >= 4 is 34.7 Å². The summed E-state index contributed by atoms with van der Waals surface area (Å²) in [6, 6.07) is 24.3. The number of ketones is 1. The second-order valence-corrected chi connectivity index (χ2v) is 8.84. The molecule has 7 heteroatoms. The molecule has 0 aliphatic carbocycles. The number of para-hydroxylation sites is 2. The van der Waals surface area contributed by atoms with Gasteiger partial charge in [-0.15, -0.1) is 0 Å². The molecule has 186 valence electrons. The monoisotopic (exact) mass is 493 g/mol. The van der Waals surface area contributed by atoms with Gasteiger partial charge >= 0.3 is 5.97 Å². The van der Waals surface area contributed by atoms with Crippen LogP contribution in [0.2, 0.25) is 0 Å². The highest BCUT2D eigenvalue weighted by Gasteiger charge is 2.65. The predicted molar refractivity (Wildman–Crippen MR) is 143 cm³/mol. The van der Waals surface area contributed by atoms with E-state index in [2.05, 4.69) is 6.58 Å². The Morgan fingerprint density at radius 1 is 0.946 bits per heavy atom. The maximum absolute atomic E-state index is 14.4. The maximum atomic E-state index is 14.4. The summed E-state index contributed by atoms with van der Waals surface area (Å²) < 4.78 is 5.34. The van der Waals surface area contributed by atoms with Crippen molar-refractivity contribution in [2.24, 2.45) is 5.10 Å². The quantitative estimate of drug-likeness (QED) is 0.363. The molecule has 3 aromatic carbocycles. The lowest BCUT2D eigenvalue weighted by Crippen LogP contribution is -2.59. The number of anilines is 2. The van der Waals surface area contributed by atoms with E-state index in [4.69, 9.17) is 9.84 Å². The average Bonchev–Trinajstić information content (AvgIpc) is 3.40. The Morgan fingerprint density at radius 3 is 2.22 bits per heavy atom. The van der Waals surface area contributed by atoms with Crippen molar-refractivity contribution in [3.63, 3.8) is 0 Å². The number of carbonyl (C=O) groups is 3. The number of likely N-dealkylation sites (N-methyl/N-ethyl adjacent to an activating group) is 1. The summed E-state index contributed by atoms with van der Waals surface area (Å²) in [5.41, 5.74) is 0.781. The number of hydrogen-bond donors (Lipinski definition) is 0. The Hall–Kier alpha value is -4.52. The SMILES string of the molecule is C=C(C(=O)OCC)C1(C2C(=O)C(c3ccccc3)=NN2c2ccccc2)C(=O)N(CC)c2ccccc21. The highest BCUT2D eigenvalue weighted by atomic mass is 16.5. The largest absolute Gasteiger partial charge is 0.463 e. The van der Waals surface area contributed by atoms with Crippen molar-refractivity contribution in [2.75, 3.05) is 23.1 Å². The normalized spacial score (nSPS) is 20.6. The van der Waals surface area contributed by atoms with Gasteiger partial charge in [0.2, 0.25) is 11.7 Å². The van der Waals surface area contributed by atoms with Gasteiger partial charge in [-0.3, -0.25) is 14.6 Å². The number of carbonyl (C=O) groups excluding carboxylic acids is 3. The van der Waals surface area contributed by atoms with E-state index in [0.29, 0.717) is 29.0 Å². The van der Waals surface area contributed by atoms with E-state index >= 15 is 0 Å². The van der Waals surface area contributed by atoms with E-state index in [9.17, 15) is 14.4 Å². The second-order valence-electron chi connectivity index (χ2n) is 8.84. The number of nitrogens with zero attached hydrogens (tertiary/aromatic N) is 3. The summed E-state index contributed by atoms with van der Waals surface area (Å²) in [5.74, 6) is -1.50. The van der Waals surface area contributed by atoms with Crippen LogP contribution in [0.25, 0.3) is 0 Å². The van der Waals surface area contributed by atoms with Crippen molar-refractivity contribution < 1.29 is 19.1 Å². The van der Waals surface area contributed by atoms with Crippen molar-refractivity contribution in [1.29, 1.82) is 0 Å². The summed E-state index contributed by atoms with van der Waals surface area (Å²) in [6.45, 7) is 8.10. The smallest absolute Gasteiger partial charge is 0.334 e. The molecule has 0 saturated heterocycles. The molecule has 2 aliphatic heterocycles. The molecule has 2 unspecified atom stereocenters. The summed E-state index contributed by atoms with van der Waals surface area (Å²) >= 11 is 0. The first-order valence-electron chi connectivity index (χ1n) is 12.3. The minimum atomic E-state index is -1.74. The highest BCUT2D eigenvalue weighted by molar-refractivity contribution is 6.51. The summed E-state index contributed by atoms with van der Waals surface area (Å²) in [6.07, 6.45) is 0. The van der Waals surface area contributed by atoms with E-state index in [0.717, 1.165) is 0 Å². The lowest BCUT2D eigenvalue weighted by molar-refractivity contribution is -0.141. The first-order valence-corrected chi connectivity index (χ1v) is 12.3. The fraction of sp³-hybridized carbons (Fsp3) is 0.200. The van der Waals surface area contributed by atoms with Crippen LogP contribution in [-0.4, -0.2) is 42.6 Å². The topological polar surface area (TPSA) is 79.3 Å². The van der Waals surface area contributed by atoms with Crippen LogP contribution in [0.4, 0.5) is 11.4 Å². The fourth-order valence-electron chi connectivity index (χ4n) is 5.31. The van der Waals surface area contributed by atoms with Crippen LogP contribution in [-0.2, 0) is 24.5 Å². The molecular weight excluding hydrogens is 466 g/mol. The number of Topliss-reactive ketones (excluding diaryl/α,β-unsaturated/α-hetero) is 1. The zero-order chi connectivity index (χ0) is 26.2. The number of benzene rings is 3. The number of hydrogen-bond acceptors (Lipinski definition) is 6. The number of ether oxygens (including phenoxy) is 1. The molecule has 5 rings (SSSR count). The van der Waals surface area contributed by atoms with Crippen LogP contribution in [0, 0.1) is 0 Å². The van der Waals surface area contributed by atoms with Crippen molar-refractivity contribution in [2.45, 2.75) is 25.3 Å². The standard InChI is InChI=1S/C30H27N3O4/c1-4-32-24-19-13-12-18-23(24)30(29(32)36,20(3)28(35)37-5-2)27-26(34)25(21-14-8-6-9-15-21)31-33(27)22-16-10-7-11-17-22/h6-19,27H,3-5H2,1-2H3. The number of amides is 1. The summed E-state index contributed by atoms with van der Waals surface area (Å²) in [4.78, 5) is 43.7. The van der Waals surface area contributed by atoms with Gasteiger partial charge in [0, 0.05) is 17.8 Å². The Balaban J connectivity index is 1.80. The van der Waals surface area contributed by atoms with Gasteiger partial charge in [-0.05, 0) is 37.6 Å². The fourth-order valence-corrected chi connectivity index (χ4v) is 5.31. The molecule has 0 spiro atoms. The molecule has 37 heavy (non-hydrogen) atoms. The number of fused-ring (bicyclic) bond motifs is 1. The molecule has 2 heterocycles. The highest BCUT2D eigenvalue weighted by Crippen LogP contribution is 2.51. The summed E-state index contributed by atoms with van der Waals surface area (Å²) in [7, 11) is 0. The first-order chi connectivity index (χ1) is 18.0. The lowest BCUT2D eigenvalue weighted by atomic mass is 9.67. The van der Waals surface area contributed by atoms with Crippen LogP contribution in [0.3, 0.4) is 0 Å². The first kappa shape index (κ1) is 24.2. The van der Waals surface area contributed by atoms with E-state index in [1.807, 2.05) is 67.6 Å². The third-order valence-electron chi connectivity index (χ3n) is 6.93. The van der Waals surface area contributed by atoms with Crippen LogP contribution in [0.1, 0.15) is 25.0 Å². The summed E-state index contributed by atoms with van der Waals surface area (Å²) in [5, 5.41) is 6.32. The van der Waals surface area contributed by atoms with Crippen molar-refractivity contribution in [3.8, 4) is 0 Å².